The van der Waals surface area contributed by atoms with Gasteiger partial charge in [-0.25, -0.2) is 4.79 Å². The molecule has 24 heavy (non-hydrogen) atoms. The number of thiophene rings is 1. The van der Waals surface area contributed by atoms with Crippen LogP contribution in [-0.4, -0.2) is 27.4 Å². The fourth-order valence-electron chi connectivity index (χ4n) is 2.55. The highest BCUT2D eigenvalue weighted by Gasteiger charge is 2.22. The Balaban J connectivity index is 2.08. The number of carbonyl (C=O) groups is 1. The maximum absolute atomic E-state index is 12.4. The summed E-state index contributed by atoms with van der Waals surface area (Å²) in [7, 11) is 0. The number of nitrogens with zero attached hydrogens (tertiary/aromatic N) is 1. The van der Waals surface area contributed by atoms with Crippen LogP contribution in [-0.2, 0) is 6.54 Å². The predicted octanol–water partition coefficient (Wildman–Crippen LogP) is 2.91. The number of aromatic hydroxyl groups is 1. The minimum absolute atomic E-state index is 0.228. The molecule has 2 aromatic heterocycles. The number of aromatic nitrogens is 1. The van der Waals surface area contributed by atoms with E-state index in [0.29, 0.717) is 16.8 Å². The number of aromatic carboxylic acids is 1. The summed E-state index contributed by atoms with van der Waals surface area (Å²) < 4.78 is 7.14. The lowest BCUT2D eigenvalue weighted by Crippen LogP contribution is -2.22. The van der Waals surface area contributed by atoms with Gasteiger partial charge in [0.2, 0.25) is 0 Å². The van der Waals surface area contributed by atoms with Gasteiger partial charge in [0.05, 0.1) is 23.4 Å². The van der Waals surface area contributed by atoms with Gasteiger partial charge in [-0.3, -0.25) is 9.36 Å². The summed E-state index contributed by atoms with van der Waals surface area (Å²) in [6.45, 7) is 2.69. The molecule has 0 radical (unpaired) electrons. The SMILES string of the molecule is CCOc1ccc(Cn2c(=O)c(O)c(C(=O)O)c3sccc32)cc1. The third-order valence-electron chi connectivity index (χ3n) is 3.64. The molecule has 3 rings (SSSR count). The van der Waals surface area contributed by atoms with Gasteiger partial charge >= 0.3 is 5.97 Å². The predicted molar refractivity (Wildman–Crippen MR) is 91.4 cm³/mol. The number of carboxylic acid groups (broad SMARTS) is 1. The minimum Gasteiger partial charge on any atom is -0.502 e. The van der Waals surface area contributed by atoms with Crippen LogP contribution in [0.2, 0.25) is 0 Å². The molecule has 3 aromatic rings. The number of pyridine rings is 1. The summed E-state index contributed by atoms with van der Waals surface area (Å²) in [4.78, 5) is 23.7. The summed E-state index contributed by atoms with van der Waals surface area (Å²) in [6, 6.07) is 8.96. The Hall–Kier alpha value is -2.80. The molecule has 2 heterocycles. The summed E-state index contributed by atoms with van der Waals surface area (Å²) in [5.74, 6) is -1.31. The first-order valence-electron chi connectivity index (χ1n) is 7.31. The van der Waals surface area contributed by atoms with Gasteiger partial charge in [-0.2, -0.15) is 0 Å². The van der Waals surface area contributed by atoms with Crippen LogP contribution in [0.25, 0.3) is 10.2 Å². The molecule has 0 aliphatic carbocycles. The molecule has 0 bridgehead atoms. The fraction of sp³-hybridized carbons (Fsp3) is 0.176. The van der Waals surface area contributed by atoms with Crippen LogP contribution in [0.5, 0.6) is 11.5 Å². The van der Waals surface area contributed by atoms with E-state index in [4.69, 9.17) is 4.74 Å². The number of benzene rings is 1. The zero-order chi connectivity index (χ0) is 17.3. The van der Waals surface area contributed by atoms with Gasteiger partial charge in [0.15, 0.2) is 5.75 Å². The van der Waals surface area contributed by atoms with E-state index >= 15 is 0 Å². The molecule has 0 unspecified atom stereocenters. The molecule has 0 saturated heterocycles. The molecule has 7 heteroatoms. The van der Waals surface area contributed by atoms with Crippen molar-refractivity contribution >= 4 is 27.5 Å². The van der Waals surface area contributed by atoms with Crippen molar-refractivity contribution in [3.63, 3.8) is 0 Å². The third-order valence-corrected chi connectivity index (χ3v) is 4.56. The first-order valence-corrected chi connectivity index (χ1v) is 8.19. The Kier molecular flexibility index (Phi) is 4.26. The van der Waals surface area contributed by atoms with Gasteiger partial charge in [0.25, 0.3) is 5.56 Å². The lowest BCUT2D eigenvalue weighted by atomic mass is 10.1. The average molecular weight is 345 g/mol. The Labute approximate surface area is 141 Å². The van der Waals surface area contributed by atoms with Crippen LogP contribution in [0.3, 0.4) is 0 Å². The van der Waals surface area contributed by atoms with E-state index in [9.17, 15) is 19.8 Å². The highest BCUT2D eigenvalue weighted by Crippen LogP contribution is 2.29. The molecule has 0 aliphatic rings. The molecule has 0 atom stereocenters. The fourth-order valence-corrected chi connectivity index (χ4v) is 3.48. The lowest BCUT2D eigenvalue weighted by molar-refractivity contribution is 0.0695. The van der Waals surface area contributed by atoms with Crippen LogP contribution in [0.1, 0.15) is 22.8 Å². The number of hydrogen-bond acceptors (Lipinski definition) is 5. The van der Waals surface area contributed by atoms with E-state index in [0.717, 1.165) is 11.3 Å². The Morgan fingerprint density at radius 2 is 1.96 bits per heavy atom. The molecule has 0 amide bonds. The number of rotatable bonds is 5. The van der Waals surface area contributed by atoms with Crippen molar-refractivity contribution in [2.75, 3.05) is 6.61 Å². The van der Waals surface area contributed by atoms with Crippen LogP contribution in [0.15, 0.2) is 40.5 Å². The van der Waals surface area contributed by atoms with Crippen molar-refractivity contribution in [1.82, 2.24) is 4.57 Å². The maximum atomic E-state index is 12.4. The van der Waals surface area contributed by atoms with Crippen LogP contribution in [0, 0.1) is 0 Å². The largest absolute Gasteiger partial charge is 0.502 e. The topological polar surface area (TPSA) is 88.8 Å². The van der Waals surface area contributed by atoms with Crippen molar-refractivity contribution < 1.29 is 19.7 Å². The van der Waals surface area contributed by atoms with E-state index < -0.39 is 17.3 Å². The van der Waals surface area contributed by atoms with Crippen LogP contribution >= 0.6 is 11.3 Å². The van der Waals surface area contributed by atoms with Gasteiger partial charge in [-0.15, -0.1) is 11.3 Å². The van der Waals surface area contributed by atoms with E-state index in [1.165, 1.54) is 15.9 Å². The van der Waals surface area contributed by atoms with Crippen molar-refractivity contribution in [2.45, 2.75) is 13.5 Å². The summed E-state index contributed by atoms with van der Waals surface area (Å²) >= 11 is 1.18. The molecule has 0 aliphatic heterocycles. The maximum Gasteiger partial charge on any atom is 0.341 e. The standard InChI is InChI=1S/C17H15NO5S/c1-2-23-11-5-3-10(4-6-11)9-18-12-7-8-24-15(12)13(17(21)22)14(19)16(18)20/h3-8,19H,2,9H2,1H3,(H,21,22). The third kappa shape index (κ3) is 2.74. The van der Waals surface area contributed by atoms with Crippen molar-refractivity contribution in [2.24, 2.45) is 0 Å². The highest BCUT2D eigenvalue weighted by atomic mass is 32.1. The molecule has 6 nitrogen and oxygen atoms in total. The van der Waals surface area contributed by atoms with Crippen molar-refractivity contribution in [3.8, 4) is 11.5 Å². The second kappa shape index (κ2) is 6.37. The van der Waals surface area contributed by atoms with E-state index in [1.807, 2.05) is 19.1 Å². The minimum atomic E-state index is -1.31. The van der Waals surface area contributed by atoms with Crippen molar-refractivity contribution in [3.05, 3.63) is 57.2 Å². The molecule has 1 aromatic carbocycles. The van der Waals surface area contributed by atoms with Gasteiger partial charge in [-0.05, 0) is 36.1 Å². The van der Waals surface area contributed by atoms with E-state index in [2.05, 4.69) is 0 Å². The Morgan fingerprint density at radius 1 is 1.25 bits per heavy atom. The average Bonchev–Trinajstić information content (AvgIpc) is 3.02. The molecular weight excluding hydrogens is 330 g/mol. The van der Waals surface area contributed by atoms with Crippen molar-refractivity contribution in [1.29, 1.82) is 0 Å². The Morgan fingerprint density at radius 3 is 2.58 bits per heavy atom. The van der Waals surface area contributed by atoms with Gasteiger partial charge < -0.3 is 14.9 Å². The summed E-state index contributed by atoms with van der Waals surface area (Å²) in [6.07, 6.45) is 0. The normalized spacial score (nSPS) is 10.9. The zero-order valence-electron chi connectivity index (χ0n) is 12.9. The lowest BCUT2D eigenvalue weighted by Gasteiger charge is -2.11. The van der Waals surface area contributed by atoms with Crippen LogP contribution in [0.4, 0.5) is 0 Å². The Bertz CT molecular complexity index is 956. The molecule has 0 saturated carbocycles. The molecule has 124 valence electrons. The van der Waals surface area contributed by atoms with E-state index in [-0.39, 0.29) is 12.1 Å². The number of ether oxygens (including phenoxy) is 1. The highest BCUT2D eigenvalue weighted by molar-refractivity contribution is 7.17. The van der Waals surface area contributed by atoms with Gasteiger partial charge in [0.1, 0.15) is 11.3 Å². The molecule has 2 N–H and O–H groups in total. The van der Waals surface area contributed by atoms with Crippen LogP contribution < -0.4 is 10.3 Å². The van der Waals surface area contributed by atoms with Gasteiger partial charge in [0, 0.05) is 0 Å². The zero-order valence-corrected chi connectivity index (χ0v) is 13.7. The quantitative estimate of drug-likeness (QED) is 0.742. The first-order chi connectivity index (χ1) is 11.5. The smallest absolute Gasteiger partial charge is 0.341 e. The second-order valence-corrected chi connectivity index (χ2v) is 6.05. The molecule has 0 fully saturated rings. The first kappa shape index (κ1) is 16.1. The monoisotopic (exact) mass is 345 g/mol. The molecule has 0 spiro atoms. The second-order valence-electron chi connectivity index (χ2n) is 5.13. The number of carboxylic acids is 1. The number of fused-ring (bicyclic) bond motifs is 1. The summed E-state index contributed by atoms with van der Waals surface area (Å²) in [5, 5.41) is 21.0. The van der Waals surface area contributed by atoms with E-state index in [1.54, 1.807) is 23.6 Å². The van der Waals surface area contributed by atoms with Gasteiger partial charge in [-0.1, -0.05) is 12.1 Å². The molecular formula is C17H15NO5S. The number of hydrogen-bond donors (Lipinski definition) is 2. The summed E-state index contributed by atoms with van der Waals surface area (Å²) in [5.41, 5.74) is 0.282.